The maximum absolute atomic E-state index is 13.6. The molecule has 0 fully saturated rings. The van der Waals surface area contributed by atoms with Gasteiger partial charge in [0.2, 0.25) is 0 Å². The number of amides is 1. The van der Waals surface area contributed by atoms with Crippen LogP contribution in [0.25, 0.3) is 17.2 Å². The summed E-state index contributed by atoms with van der Waals surface area (Å²) in [4.78, 5) is 32.3. The Kier molecular flexibility index (Phi) is 13.6. The summed E-state index contributed by atoms with van der Waals surface area (Å²) in [6.45, 7) is 9.12. The van der Waals surface area contributed by atoms with E-state index >= 15 is 0 Å². The molecule has 1 unspecified atom stereocenters. The van der Waals surface area contributed by atoms with E-state index in [1.165, 1.54) is 0 Å². The molecule has 51 heavy (non-hydrogen) atoms. The number of hydrogen-bond donors (Lipinski definition) is 2. The third-order valence-electron chi connectivity index (χ3n) is 8.78. The number of carbonyl (C=O) groups is 2. The van der Waals surface area contributed by atoms with Crippen LogP contribution in [0.2, 0.25) is 0 Å². The summed E-state index contributed by atoms with van der Waals surface area (Å²) in [7, 11) is -1.27. The summed E-state index contributed by atoms with van der Waals surface area (Å²) in [6, 6.07) is 20.9. The van der Waals surface area contributed by atoms with Gasteiger partial charge in [-0.1, -0.05) is 38.5 Å². The predicted molar refractivity (Wildman–Crippen MR) is 203 cm³/mol. The molecule has 3 aromatic carbocycles. The molecule has 0 spiro atoms. The molecule has 0 aliphatic carbocycles. The Hall–Kier alpha value is -4.74. The Morgan fingerprint density at radius 3 is 2.45 bits per heavy atom. The molecule has 5 rings (SSSR count). The fourth-order valence-electron chi connectivity index (χ4n) is 6.03. The lowest BCUT2D eigenvalue weighted by atomic mass is 9.96. The second kappa shape index (κ2) is 18.5. The Labute approximate surface area is 303 Å². The van der Waals surface area contributed by atoms with Crippen molar-refractivity contribution in [2.75, 3.05) is 43.1 Å². The summed E-state index contributed by atoms with van der Waals surface area (Å²) in [5.74, 6) is -0.0161. The average Bonchev–Trinajstić information content (AvgIpc) is 3.46. The lowest BCUT2D eigenvalue weighted by molar-refractivity contribution is -0.135. The summed E-state index contributed by atoms with van der Waals surface area (Å²) in [6.07, 6.45) is 7.87. The second-order valence-corrected chi connectivity index (χ2v) is 14.1. The predicted octanol–water partition coefficient (Wildman–Crippen LogP) is 7.48. The lowest BCUT2D eigenvalue weighted by Crippen LogP contribution is -2.32. The van der Waals surface area contributed by atoms with Crippen LogP contribution in [0.4, 0.5) is 11.4 Å². The van der Waals surface area contributed by atoms with Crippen LogP contribution >= 0.6 is 0 Å². The SMILES string of the molecule is CCCCOCCOc1ccc(-c2ccc3c(c2)/C=C(/C(=O)Nc2ccc(S(=O)Cc4c(C)ncn4CCC)cc2)CCCN3CC(=O)O)cc1. The van der Waals surface area contributed by atoms with Gasteiger partial charge in [0.1, 0.15) is 18.9 Å². The summed E-state index contributed by atoms with van der Waals surface area (Å²) >= 11 is 0. The number of ether oxygens (including phenoxy) is 2. The molecule has 2 heterocycles. The Bertz CT molecular complexity index is 1830. The molecule has 1 amide bonds. The van der Waals surface area contributed by atoms with Crippen molar-refractivity contribution < 1.29 is 28.4 Å². The molecule has 1 aliphatic rings. The zero-order valence-corrected chi connectivity index (χ0v) is 30.5. The molecule has 1 aromatic heterocycles. The first-order valence-electron chi connectivity index (χ1n) is 17.7. The maximum Gasteiger partial charge on any atom is 0.323 e. The summed E-state index contributed by atoms with van der Waals surface area (Å²) < 4.78 is 26.7. The first-order valence-corrected chi connectivity index (χ1v) is 19.0. The van der Waals surface area contributed by atoms with Crippen LogP contribution in [0.5, 0.6) is 5.75 Å². The molecule has 11 heteroatoms. The largest absolute Gasteiger partial charge is 0.491 e. The average molecular weight is 713 g/mol. The summed E-state index contributed by atoms with van der Waals surface area (Å²) in [5, 5.41) is 12.6. The topological polar surface area (TPSA) is 123 Å². The Morgan fingerprint density at radius 1 is 0.961 bits per heavy atom. The van der Waals surface area contributed by atoms with Crippen molar-refractivity contribution in [1.29, 1.82) is 0 Å². The number of anilines is 2. The Morgan fingerprint density at radius 2 is 1.73 bits per heavy atom. The van der Waals surface area contributed by atoms with Gasteiger partial charge in [0.25, 0.3) is 5.91 Å². The number of carbonyl (C=O) groups excluding carboxylic acids is 1. The van der Waals surface area contributed by atoms with Crippen molar-refractivity contribution in [3.8, 4) is 16.9 Å². The minimum Gasteiger partial charge on any atom is -0.491 e. The highest BCUT2D eigenvalue weighted by molar-refractivity contribution is 7.84. The van der Waals surface area contributed by atoms with Gasteiger partial charge in [-0.3, -0.25) is 13.8 Å². The monoisotopic (exact) mass is 712 g/mol. The number of aliphatic carboxylic acids is 1. The number of carboxylic acids is 1. The van der Waals surface area contributed by atoms with Gasteiger partial charge in [0.05, 0.1) is 40.9 Å². The fourth-order valence-corrected chi connectivity index (χ4v) is 7.26. The van der Waals surface area contributed by atoms with Crippen molar-refractivity contribution in [1.82, 2.24) is 9.55 Å². The van der Waals surface area contributed by atoms with Crippen molar-refractivity contribution in [2.45, 2.75) is 70.1 Å². The molecule has 270 valence electrons. The minimum atomic E-state index is -1.27. The highest BCUT2D eigenvalue weighted by Crippen LogP contribution is 2.33. The number of fused-ring (bicyclic) bond motifs is 1. The number of nitrogens with zero attached hydrogens (tertiary/aromatic N) is 3. The van der Waals surface area contributed by atoms with E-state index in [0.29, 0.717) is 54.5 Å². The molecular weight excluding hydrogens is 665 g/mol. The van der Waals surface area contributed by atoms with E-state index in [-0.39, 0.29) is 12.5 Å². The number of unbranched alkanes of at least 4 members (excludes halogenated alkanes) is 1. The molecular formula is C40H48N4O6S. The Balaban J connectivity index is 1.31. The highest BCUT2D eigenvalue weighted by Gasteiger charge is 2.21. The van der Waals surface area contributed by atoms with Gasteiger partial charge in [-0.25, -0.2) is 4.98 Å². The van der Waals surface area contributed by atoms with Crippen LogP contribution in [-0.4, -0.2) is 63.7 Å². The van der Waals surface area contributed by atoms with Gasteiger partial charge in [-0.05, 0) is 104 Å². The van der Waals surface area contributed by atoms with E-state index in [1.54, 1.807) is 30.6 Å². The second-order valence-electron chi connectivity index (χ2n) is 12.6. The number of aromatic nitrogens is 2. The van der Waals surface area contributed by atoms with Gasteiger partial charge in [-0.2, -0.15) is 0 Å². The van der Waals surface area contributed by atoms with E-state index in [4.69, 9.17) is 9.47 Å². The van der Waals surface area contributed by atoms with Crippen molar-refractivity contribution in [3.63, 3.8) is 0 Å². The first kappa shape index (κ1) is 37.5. The number of carboxylic acid groups (broad SMARTS) is 1. The molecule has 4 aromatic rings. The molecule has 10 nitrogen and oxygen atoms in total. The fraction of sp³-hybridized carbons (Fsp3) is 0.375. The quantitative estimate of drug-likeness (QED) is 0.108. The van der Waals surface area contributed by atoms with E-state index in [1.807, 2.05) is 60.4 Å². The van der Waals surface area contributed by atoms with E-state index in [0.717, 1.165) is 71.9 Å². The minimum absolute atomic E-state index is 0.135. The molecule has 0 radical (unpaired) electrons. The summed E-state index contributed by atoms with van der Waals surface area (Å²) in [5.41, 5.74) is 6.50. The van der Waals surface area contributed by atoms with Gasteiger partial charge in [0.15, 0.2) is 0 Å². The number of aryl methyl sites for hydroxylation is 2. The standard InChI is InChI=1S/C40H48N4O6S/c1-4-6-21-49-22-23-50-35-14-9-30(10-15-35)31-11-18-37-33(24-31)25-32(8-7-20-43(37)26-39(45)46)40(47)42-34-12-16-36(17-13-34)51(48)27-38-29(3)41-28-44(38)19-5-2/h9-18,24-25,28H,4-8,19-23,26-27H2,1-3H3,(H,42,47)(H,45,46)/b32-25+. The number of nitrogens with one attached hydrogen (secondary N) is 1. The van der Waals surface area contributed by atoms with Crippen LogP contribution in [0.15, 0.2) is 83.5 Å². The van der Waals surface area contributed by atoms with Crippen molar-refractivity contribution in [2.24, 2.45) is 0 Å². The van der Waals surface area contributed by atoms with Crippen LogP contribution < -0.4 is 15.0 Å². The molecule has 0 saturated carbocycles. The van der Waals surface area contributed by atoms with Crippen LogP contribution in [0.1, 0.15) is 62.9 Å². The van der Waals surface area contributed by atoms with Gasteiger partial charge >= 0.3 is 5.97 Å². The zero-order valence-electron chi connectivity index (χ0n) is 29.7. The van der Waals surface area contributed by atoms with Gasteiger partial charge in [-0.15, -0.1) is 0 Å². The number of rotatable bonds is 17. The normalized spacial score (nSPS) is 14.5. The van der Waals surface area contributed by atoms with Crippen LogP contribution in [0.3, 0.4) is 0 Å². The maximum atomic E-state index is 13.6. The third kappa shape index (κ3) is 10.4. The van der Waals surface area contributed by atoms with E-state index in [2.05, 4.69) is 28.7 Å². The zero-order chi connectivity index (χ0) is 36.2. The molecule has 2 N–H and O–H groups in total. The van der Waals surface area contributed by atoms with Gasteiger partial charge in [0, 0.05) is 41.5 Å². The van der Waals surface area contributed by atoms with Crippen molar-refractivity contribution >= 4 is 40.1 Å². The van der Waals surface area contributed by atoms with E-state index < -0.39 is 16.8 Å². The lowest BCUT2D eigenvalue weighted by Gasteiger charge is -2.27. The molecule has 0 saturated heterocycles. The number of imidazole rings is 1. The van der Waals surface area contributed by atoms with Gasteiger partial charge < -0.3 is 29.4 Å². The van der Waals surface area contributed by atoms with Crippen molar-refractivity contribution in [3.05, 3.63) is 95.6 Å². The van der Waals surface area contributed by atoms with Crippen LogP contribution in [-0.2, 0) is 37.4 Å². The highest BCUT2D eigenvalue weighted by atomic mass is 32.2. The number of hydrogen-bond acceptors (Lipinski definition) is 7. The first-order chi connectivity index (χ1) is 24.7. The van der Waals surface area contributed by atoms with Crippen LogP contribution in [0, 0.1) is 6.92 Å². The smallest absolute Gasteiger partial charge is 0.323 e. The molecule has 1 aliphatic heterocycles. The van der Waals surface area contributed by atoms with E-state index in [9.17, 15) is 18.9 Å². The third-order valence-corrected chi connectivity index (χ3v) is 10.1. The molecule has 0 bridgehead atoms. The molecule has 1 atom stereocenters. The number of benzene rings is 3.